The van der Waals surface area contributed by atoms with Gasteiger partial charge in [0.05, 0.1) is 0 Å². The summed E-state index contributed by atoms with van der Waals surface area (Å²) in [5.74, 6) is 1.03. The van der Waals surface area contributed by atoms with Gasteiger partial charge in [-0.25, -0.2) is 4.39 Å². The van der Waals surface area contributed by atoms with E-state index in [-0.39, 0.29) is 0 Å². The van der Waals surface area contributed by atoms with Crippen LogP contribution in [0.3, 0.4) is 0 Å². The minimum absolute atomic E-state index is 0.384. The smallest absolute Gasteiger partial charge is 0.103 e. The van der Waals surface area contributed by atoms with E-state index in [0.29, 0.717) is 11.8 Å². The molecule has 1 saturated carbocycles. The van der Waals surface area contributed by atoms with Gasteiger partial charge < -0.3 is 0 Å². The molecule has 0 aromatic carbocycles. The van der Waals surface area contributed by atoms with E-state index in [4.69, 9.17) is 0 Å². The molecule has 1 fully saturated rings. The van der Waals surface area contributed by atoms with Gasteiger partial charge in [-0.3, -0.25) is 0 Å². The molecule has 1 heteroatoms. The molecule has 0 aromatic heterocycles. The van der Waals surface area contributed by atoms with Crippen LogP contribution in [0, 0.1) is 11.8 Å². The van der Waals surface area contributed by atoms with Crippen LogP contribution in [-0.4, -0.2) is 6.17 Å². The first-order valence-corrected chi connectivity index (χ1v) is 3.39. The fraction of sp³-hybridized carbons (Fsp3) is 1.00. The van der Waals surface area contributed by atoms with Crippen LogP contribution in [0.4, 0.5) is 4.39 Å². The van der Waals surface area contributed by atoms with E-state index < -0.39 is 6.17 Å². The molecule has 0 N–H and O–H groups in total. The predicted molar refractivity (Wildman–Crippen MR) is 32.5 cm³/mol. The Hall–Kier alpha value is -0.0700. The van der Waals surface area contributed by atoms with Crippen molar-refractivity contribution in [2.45, 2.75) is 32.9 Å². The summed E-state index contributed by atoms with van der Waals surface area (Å²) >= 11 is 0. The van der Waals surface area contributed by atoms with Crippen LogP contribution in [-0.2, 0) is 0 Å². The van der Waals surface area contributed by atoms with Crippen LogP contribution < -0.4 is 0 Å². The zero-order valence-corrected chi connectivity index (χ0v) is 5.52. The molecule has 8 heavy (non-hydrogen) atoms. The van der Waals surface area contributed by atoms with Crippen molar-refractivity contribution in [3.05, 3.63) is 0 Å². The molecule has 3 unspecified atom stereocenters. The predicted octanol–water partition coefficient (Wildman–Crippen LogP) is 2.39. The topological polar surface area (TPSA) is 0 Å². The SMILES string of the molecule is CCC1C(C)CC1F. The quantitative estimate of drug-likeness (QED) is 0.493. The minimum Gasteiger partial charge on any atom is -0.247 e. The molecule has 0 nitrogen and oxygen atoms in total. The molecule has 0 aromatic rings. The molecule has 0 saturated heterocycles. The maximum atomic E-state index is 12.4. The third-order valence-electron chi connectivity index (χ3n) is 2.26. The highest BCUT2D eigenvalue weighted by Crippen LogP contribution is 2.38. The third-order valence-corrected chi connectivity index (χ3v) is 2.26. The Labute approximate surface area is 50.1 Å². The van der Waals surface area contributed by atoms with Gasteiger partial charge in [-0.05, 0) is 18.3 Å². The summed E-state index contributed by atoms with van der Waals surface area (Å²) in [6.07, 6.45) is 1.34. The summed E-state index contributed by atoms with van der Waals surface area (Å²) in [6, 6.07) is 0. The summed E-state index contributed by atoms with van der Waals surface area (Å²) in [4.78, 5) is 0. The van der Waals surface area contributed by atoms with Crippen LogP contribution in [0.5, 0.6) is 0 Å². The lowest BCUT2D eigenvalue weighted by atomic mass is 9.72. The molecule has 0 heterocycles. The van der Waals surface area contributed by atoms with Crippen LogP contribution in [0.15, 0.2) is 0 Å². The standard InChI is InChI=1S/C7H13F/c1-3-6-5(2)4-7(6)8/h5-7H,3-4H2,1-2H3. The number of hydrogen-bond acceptors (Lipinski definition) is 0. The Morgan fingerprint density at radius 2 is 2.25 bits per heavy atom. The van der Waals surface area contributed by atoms with E-state index in [9.17, 15) is 4.39 Å². The van der Waals surface area contributed by atoms with Gasteiger partial charge >= 0.3 is 0 Å². The highest BCUT2D eigenvalue weighted by Gasteiger charge is 2.36. The fourth-order valence-corrected chi connectivity index (χ4v) is 1.52. The van der Waals surface area contributed by atoms with Crippen molar-refractivity contribution in [2.24, 2.45) is 11.8 Å². The normalized spacial score (nSPS) is 46.1. The molecular weight excluding hydrogens is 103 g/mol. The number of halogens is 1. The van der Waals surface area contributed by atoms with Gasteiger partial charge in [0.15, 0.2) is 0 Å². The Balaban J connectivity index is 2.29. The summed E-state index contributed by atoms with van der Waals surface area (Å²) in [5.41, 5.74) is 0. The van der Waals surface area contributed by atoms with Gasteiger partial charge in [0.1, 0.15) is 6.17 Å². The van der Waals surface area contributed by atoms with Crippen molar-refractivity contribution in [3.8, 4) is 0 Å². The molecule has 0 bridgehead atoms. The highest BCUT2D eigenvalue weighted by molar-refractivity contribution is 4.85. The Morgan fingerprint density at radius 1 is 1.62 bits per heavy atom. The van der Waals surface area contributed by atoms with Gasteiger partial charge in [0.25, 0.3) is 0 Å². The van der Waals surface area contributed by atoms with Crippen LogP contribution in [0.25, 0.3) is 0 Å². The first-order chi connectivity index (χ1) is 3.75. The van der Waals surface area contributed by atoms with E-state index >= 15 is 0 Å². The highest BCUT2D eigenvalue weighted by atomic mass is 19.1. The van der Waals surface area contributed by atoms with Gasteiger partial charge in [-0.2, -0.15) is 0 Å². The van der Waals surface area contributed by atoms with Crippen LogP contribution >= 0.6 is 0 Å². The first kappa shape index (κ1) is 6.06. The maximum absolute atomic E-state index is 12.4. The molecule has 1 aliphatic carbocycles. The van der Waals surface area contributed by atoms with E-state index in [1.807, 2.05) is 0 Å². The lowest BCUT2D eigenvalue weighted by Gasteiger charge is -2.37. The second kappa shape index (κ2) is 2.04. The van der Waals surface area contributed by atoms with Crippen molar-refractivity contribution in [3.63, 3.8) is 0 Å². The second-order valence-corrected chi connectivity index (χ2v) is 2.80. The molecule has 1 rings (SSSR count). The van der Waals surface area contributed by atoms with Crippen molar-refractivity contribution in [1.29, 1.82) is 0 Å². The zero-order valence-electron chi connectivity index (χ0n) is 5.52. The monoisotopic (exact) mass is 116 g/mol. The summed E-state index contributed by atoms with van der Waals surface area (Å²) in [6.45, 7) is 4.19. The van der Waals surface area contributed by atoms with Gasteiger partial charge in [0, 0.05) is 0 Å². The lowest BCUT2D eigenvalue weighted by Crippen LogP contribution is -2.35. The Morgan fingerprint density at radius 3 is 2.38 bits per heavy atom. The molecule has 48 valence electrons. The fourth-order valence-electron chi connectivity index (χ4n) is 1.52. The van der Waals surface area contributed by atoms with Crippen molar-refractivity contribution in [1.82, 2.24) is 0 Å². The maximum Gasteiger partial charge on any atom is 0.103 e. The van der Waals surface area contributed by atoms with Crippen molar-refractivity contribution >= 4 is 0 Å². The van der Waals surface area contributed by atoms with Crippen molar-refractivity contribution < 1.29 is 4.39 Å². The summed E-state index contributed by atoms with van der Waals surface area (Å²) in [7, 11) is 0. The number of hydrogen-bond donors (Lipinski definition) is 0. The van der Waals surface area contributed by atoms with E-state index in [0.717, 1.165) is 12.8 Å². The molecular formula is C7H13F. The minimum atomic E-state index is -0.477. The van der Waals surface area contributed by atoms with Gasteiger partial charge in [0.2, 0.25) is 0 Å². The molecule has 0 spiro atoms. The van der Waals surface area contributed by atoms with E-state index in [1.165, 1.54) is 0 Å². The van der Waals surface area contributed by atoms with E-state index in [2.05, 4.69) is 13.8 Å². The van der Waals surface area contributed by atoms with Crippen LogP contribution in [0.2, 0.25) is 0 Å². The van der Waals surface area contributed by atoms with Crippen molar-refractivity contribution in [2.75, 3.05) is 0 Å². The van der Waals surface area contributed by atoms with Crippen LogP contribution in [0.1, 0.15) is 26.7 Å². The third kappa shape index (κ3) is 0.743. The Bertz CT molecular complexity index is 72.5. The van der Waals surface area contributed by atoms with Gasteiger partial charge in [-0.1, -0.05) is 20.3 Å². The molecule has 3 atom stereocenters. The molecule has 1 aliphatic rings. The molecule has 0 radical (unpaired) electrons. The number of rotatable bonds is 1. The largest absolute Gasteiger partial charge is 0.247 e. The van der Waals surface area contributed by atoms with Gasteiger partial charge in [-0.15, -0.1) is 0 Å². The Kier molecular flexibility index (Phi) is 1.54. The number of alkyl halides is 1. The molecule has 0 aliphatic heterocycles. The first-order valence-electron chi connectivity index (χ1n) is 3.39. The van der Waals surface area contributed by atoms with E-state index in [1.54, 1.807) is 0 Å². The second-order valence-electron chi connectivity index (χ2n) is 2.80. The average Bonchev–Trinajstić information content (AvgIpc) is 1.67. The zero-order chi connectivity index (χ0) is 6.15. The summed E-state index contributed by atoms with van der Waals surface area (Å²) < 4.78 is 12.4. The summed E-state index contributed by atoms with van der Waals surface area (Å²) in [5, 5.41) is 0. The lowest BCUT2D eigenvalue weighted by molar-refractivity contribution is 0.0424. The average molecular weight is 116 g/mol. The molecule has 0 amide bonds.